The number of halogens is 2. The van der Waals surface area contributed by atoms with Crippen LogP contribution in [0.15, 0.2) is 35.7 Å². The van der Waals surface area contributed by atoms with E-state index in [1.165, 1.54) is 4.88 Å². The molecule has 2 heterocycles. The third-order valence-corrected chi connectivity index (χ3v) is 4.77. The van der Waals surface area contributed by atoms with Crippen molar-refractivity contribution in [2.45, 2.75) is 6.04 Å². The second-order valence-corrected chi connectivity index (χ2v) is 6.11. The molecule has 1 aromatic heterocycles. The van der Waals surface area contributed by atoms with Gasteiger partial charge >= 0.3 is 0 Å². The van der Waals surface area contributed by atoms with Crippen molar-refractivity contribution in [1.29, 1.82) is 0 Å². The minimum Gasteiger partial charge on any atom is -0.508 e. The maximum atomic E-state index is 9.69. The van der Waals surface area contributed by atoms with Crippen LogP contribution in [-0.4, -0.2) is 43.3 Å². The van der Waals surface area contributed by atoms with E-state index in [0.717, 1.165) is 37.5 Å². The van der Waals surface area contributed by atoms with Crippen molar-refractivity contribution in [3.05, 3.63) is 46.2 Å². The van der Waals surface area contributed by atoms with Crippen LogP contribution in [0, 0.1) is 0 Å². The number of rotatable bonds is 4. The maximum absolute atomic E-state index is 9.69. The van der Waals surface area contributed by atoms with Gasteiger partial charge in [0.25, 0.3) is 0 Å². The van der Waals surface area contributed by atoms with Crippen molar-refractivity contribution in [2.24, 2.45) is 0 Å². The van der Waals surface area contributed by atoms with Gasteiger partial charge in [-0.25, -0.2) is 0 Å². The average molecular weight is 377 g/mol. The van der Waals surface area contributed by atoms with E-state index in [1.54, 1.807) is 30.6 Å². The second kappa shape index (κ2) is 9.35. The summed E-state index contributed by atoms with van der Waals surface area (Å²) in [6.45, 7) is 4.02. The number of phenolic OH excluding ortho intramolecular Hbond substituents is 1. The highest BCUT2D eigenvalue weighted by molar-refractivity contribution is 7.10. The molecule has 3 rings (SSSR count). The summed E-state index contributed by atoms with van der Waals surface area (Å²) >= 11 is 1.76. The summed E-state index contributed by atoms with van der Waals surface area (Å²) in [5.41, 5.74) is 1.11. The first-order valence-electron chi connectivity index (χ1n) is 7.14. The Balaban J connectivity index is 0.00000132. The van der Waals surface area contributed by atoms with Crippen molar-refractivity contribution in [1.82, 2.24) is 10.2 Å². The fraction of sp³-hybridized carbons (Fsp3) is 0.375. The van der Waals surface area contributed by atoms with E-state index >= 15 is 0 Å². The van der Waals surface area contributed by atoms with Gasteiger partial charge in [0.05, 0.1) is 13.2 Å². The Kier molecular flexibility index (Phi) is 8.16. The number of hydrogen-bond acceptors (Lipinski definition) is 5. The number of thiophene rings is 1. The fourth-order valence-corrected chi connectivity index (χ4v) is 3.72. The lowest BCUT2D eigenvalue weighted by Crippen LogP contribution is -2.45. The van der Waals surface area contributed by atoms with Gasteiger partial charge in [-0.15, -0.1) is 36.2 Å². The van der Waals surface area contributed by atoms with Crippen LogP contribution in [0.4, 0.5) is 0 Å². The lowest BCUT2D eigenvalue weighted by atomic mass is 10.0. The molecule has 2 N–H and O–H groups in total. The predicted octanol–water partition coefficient (Wildman–Crippen LogP) is 3.30. The van der Waals surface area contributed by atoms with Crippen LogP contribution in [0.5, 0.6) is 11.5 Å². The lowest BCUT2D eigenvalue weighted by Gasteiger charge is -2.35. The first-order valence-corrected chi connectivity index (χ1v) is 8.02. The molecule has 4 nitrogen and oxygen atoms in total. The number of piperazine rings is 1. The third kappa shape index (κ3) is 4.52. The van der Waals surface area contributed by atoms with Gasteiger partial charge in [0.15, 0.2) is 0 Å². The largest absolute Gasteiger partial charge is 0.508 e. The van der Waals surface area contributed by atoms with Crippen molar-refractivity contribution in [2.75, 3.05) is 33.3 Å². The van der Waals surface area contributed by atoms with Crippen LogP contribution in [0.25, 0.3) is 0 Å². The summed E-state index contributed by atoms with van der Waals surface area (Å²) in [7, 11) is 1.65. The first kappa shape index (κ1) is 20.1. The Morgan fingerprint density at radius 1 is 1.22 bits per heavy atom. The number of ether oxygens (including phenoxy) is 1. The Morgan fingerprint density at radius 3 is 2.57 bits per heavy atom. The minimum atomic E-state index is 0. The van der Waals surface area contributed by atoms with Gasteiger partial charge in [-0.05, 0) is 23.6 Å². The van der Waals surface area contributed by atoms with E-state index < -0.39 is 0 Å². The molecule has 1 aliphatic rings. The molecule has 128 valence electrons. The van der Waals surface area contributed by atoms with E-state index in [-0.39, 0.29) is 36.6 Å². The van der Waals surface area contributed by atoms with E-state index in [4.69, 9.17) is 4.74 Å². The quantitative estimate of drug-likeness (QED) is 0.858. The highest BCUT2D eigenvalue weighted by Gasteiger charge is 2.27. The SMILES string of the molecule is COc1cc(O)ccc1[C@H](c1cccs1)N1CCNCC1.Cl.Cl. The van der Waals surface area contributed by atoms with E-state index in [0.29, 0.717) is 0 Å². The molecule has 0 spiro atoms. The molecular formula is C16H22Cl2N2O2S. The molecule has 0 amide bonds. The van der Waals surface area contributed by atoms with Gasteiger partial charge in [0.2, 0.25) is 0 Å². The average Bonchev–Trinajstić information content (AvgIpc) is 3.04. The molecule has 0 radical (unpaired) electrons. The van der Waals surface area contributed by atoms with E-state index in [9.17, 15) is 5.11 Å². The smallest absolute Gasteiger partial charge is 0.127 e. The molecule has 1 fully saturated rings. The number of hydrogen-bond donors (Lipinski definition) is 2. The zero-order chi connectivity index (χ0) is 14.7. The molecule has 0 aliphatic carbocycles. The molecule has 1 aliphatic heterocycles. The number of phenols is 1. The first-order chi connectivity index (χ1) is 10.3. The standard InChI is InChI=1S/C16H20N2O2S.2ClH/c1-20-14-11-12(19)4-5-13(14)16(15-3-2-10-21-15)18-8-6-17-7-9-18;;/h2-5,10-11,16-17,19H,6-9H2,1H3;2*1H/t16-;;/m1../s1. The molecule has 0 unspecified atom stereocenters. The van der Waals surface area contributed by atoms with Crippen molar-refractivity contribution in [3.8, 4) is 11.5 Å². The molecule has 7 heteroatoms. The number of nitrogens with zero attached hydrogens (tertiary/aromatic N) is 1. The van der Waals surface area contributed by atoms with Crippen LogP contribution >= 0.6 is 36.2 Å². The Morgan fingerprint density at radius 2 is 1.96 bits per heavy atom. The predicted molar refractivity (Wildman–Crippen MR) is 99.8 cm³/mol. The summed E-state index contributed by atoms with van der Waals surface area (Å²) in [5, 5.41) is 15.2. The van der Waals surface area contributed by atoms with Crippen LogP contribution in [0.1, 0.15) is 16.5 Å². The zero-order valence-corrected chi connectivity index (χ0v) is 15.3. The summed E-state index contributed by atoms with van der Waals surface area (Å²) in [6, 6.07) is 9.84. The number of aromatic hydroxyl groups is 1. The minimum absolute atomic E-state index is 0. The Labute approximate surface area is 153 Å². The zero-order valence-electron chi connectivity index (χ0n) is 12.9. The molecule has 2 aromatic rings. The Hall–Kier alpha value is -0.980. The number of nitrogens with one attached hydrogen (secondary N) is 1. The van der Waals surface area contributed by atoms with Crippen LogP contribution in [0.3, 0.4) is 0 Å². The number of methoxy groups -OCH3 is 1. The van der Waals surface area contributed by atoms with Crippen LogP contribution in [-0.2, 0) is 0 Å². The highest BCUT2D eigenvalue weighted by Crippen LogP contribution is 2.38. The van der Waals surface area contributed by atoms with Gasteiger partial charge in [-0.1, -0.05) is 6.07 Å². The van der Waals surface area contributed by atoms with E-state index in [1.807, 2.05) is 6.07 Å². The summed E-state index contributed by atoms with van der Waals surface area (Å²) in [5.74, 6) is 0.979. The Bertz CT molecular complexity index is 590. The molecule has 23 heavy (non-hydrogen) atoms. The van der Waals surface area contributed by atoms with E-state index in [2.05, 4.69) is 27.7 Å². The van der Waals surface area contributed by atoms with Gasteiger partial charge in [0, 0.05) is 42.7 Å². The van der Waals surface area contributed by atoms with Crippen molar-refractivity contribution >= 4 is 36.2 Å². The fourth-order valence-electron chi connectivity index (χ4n) is 2.84. The van der Waals surface area contributed by atoms with Crippen LogP contribution < -0.4 is 10.1 Å². The monoisotopic (exact) mass is 376 g/mol. The van der Waals surface area contributed by atoms with Gasteiger partial charge < -0.3 is 15.2 Å². The highest BCUT2D eigenvalue weighted by atomic mass is 35.5. The van der Waals surface area contributed by atoms with Gasteiger partial charge in [-0.2, -0.15) is 0 Å². The van der Waals surface area contributed by atoms with Gasteiger partial charge in [-0.3, -0.25) is 4.90 Å². The van der Waals surface area contributed by atoms with Gasteiger partial charge in [0.1, 0.15) is 11.5 Å². The summed E-state index contributed by atoms with van der Waals surface area (Å²) < 4.78 is 5.50. The molecule has 1 atom stereocenters. The molecular weight excluding hydrogens is 355 g/mol. The summed E-state index contributed by atoms with van der Waals surface area (Å²) in [4.78, 5) is 3.78. The molecule has 1 aromatic carbocycles. The molecule has 0 saturated carbocycles. The topological polar surface area (TPSA) is 44.7 Å². The van der Waals surface area contributed by atoms with Crippen molar-refractivity contribution < 1.29 is 9.84 Å². The van der Waals surface area contributed by atoms with Crippen molar-refractivity contribution in [3.63, 3.8) is 0 Å². The molecule has 0 bridgehead atoms. The number of benzene rings is 1. The summed E-state index contributed by atoms with van der Waals surface area (Å²) in [6.07, 6.45) is 0. The lowest BCUT2D eigenvalue weighted by molar-refractivity contribution is 0.197. The molecule has 1 saturated heterocycles. The second-order valence-electron chi connectivity index (χ2n) is 5.13. The van der Waals surface area contributed by atoms with Crippen LogP contribution in [0.2, 0.25) is 0 Å². The third-order valence-electron chi connectivity index (χ3n) is 3.84. The normalized spacial score (nSPS) is 16.0. The maximum Gasteiger partial charge on any atom is 0.127 e.